The first-order valence-electron chi connectivity index (χ1n) is 15.9. The summed E-state index contributed by atoms with van der Waals surface area (Å²) in [7, 11) is -3.82. The van der Waals surface area contributed by atoms with Crippen molar-refractivity contribution in [2.24, 2.45) is 5.41 Å². The summed E-state index contributed by atoms with van der Waals surface area (Å²) in [6, 6.07) is 38.9. The molecule has 0 N–H and O–H groups in total. The Labute approximate surface area is 283 Å². The molecule has 6 heteroatoms. The van der Waals surface area contributed by atoms with Crippen LogP contribution in [0.1, 0.15) is 52.5 Å². The van der Waals surface area contributed by atoms with Gasteiger partial charge in [0.15, 0.2) is 0 Å². The Morgan fingerprint density at radius 3 is 1.72 bits per heavy atom. The normalized spacial score (nSPS) is 17.3. The average molecular weight is 716 g/mol. The van der Waals surface area contributed by atoms with E-state index in [9.17, 15) is 13.2 Å². The van der Waals surface area contributed by atoms with Gasteiger partial charge in [-0.2, -0.15) is 0 Å². The molecular weight excluding hydrogens is 671 g/mol. The number of aryl methyl sites for hydroxylation is 1. The number of hydrogen-bond acceptors (Lipinski definition) is 3. The number of rotatable bonds is 10. The molecule has 4 aromatic carbocycles. The predicted molar refractivity (Wildman–Crippen MR) is 200 cm³/mol. The first kappa shape index (κ1) is 34.2. The van der Waals surface area contributed by atoms with E-state index in [2.05, 4.69) is 108 Å². The molecule has 240 valence electrons. The summed E-state index contributed by atoms with van der Waals surface area (Å²) in [6.45, 7) is 9.98. The quantitative estimate of drug-likeness (QED) is 0.122. The fraction of sp³-hybridized carbons (Fsp3) is 0.275. The van der Waals surface area contributed by atoms with Gasteiger partial charge in [-0.15, -0.1) is 0 Å². The molecule has 0 saturated heterocycles. The summed E-state index contributed by atoms with van der Waals surface area (Å²) in [5.74, 6) is 0.0442. The van der Waals surface area contributed by atoms with Crippen LogP contribution >= 0.6 is 20.8 Å². The van der Waals surface area contributed by atoms with Gasteiger partial charge in [-0.05, 0) is 0 Å². The molecule has 0 aromatic heterocycles. The first-order chi connectivity index (χ1) is 21.8. The van der Waals surface area contributed by atoms with Crippen LogP contribution in [0.4, 0.5) is 0 Å². The van der Waals surface area contributed by atoms with E-state index in [4.69, 9.17) is 0 Å². The number of benzene rings is 4. The molecule has 0 spiro atoms. The Kier molecular flexibility index (Phi) is 9.81. The summed E-state index contributed by atoms with van der Waals surface area (Å²) in [6.07, 6.45) is 4.28. The van der Waals surface area contributed by atoms with Gasteiger partial charge >= 0.3 is 285 Å². The SMILES string of the molecule is CC1=C(C(C/C(C)=C/CP(Br)(c2ccccc2)(c2ccccc2)c2ccccc2)S(=O)(=O)c2ccc(C)cc2)C(C)(C)CCC1=O. The van der Waals surface area contributed by atoms with Crippen molar-refractivity contribution in [3.05, 3.63) is 144 Å². The maximum absolute atomic E-state index is 14.6. The number of Topliss-reactive ketones (excluding diaryl/α,β-unsaturated/α-hetero) is 1. The zero-order valence-electron chi connectivity index (χ0n) is 27.4. The van der Waals surface area contributed by atoms with Crippen molar-refractivity contribution in [2.75, 3.05) is 6.16 Å². The van der Waals surface area contributed by atoms with Gasteiger partial charge in [0.1, 0.15) is 0 Å². The van der Waals surface area contributed by atoms with Crippen LogP contribution in [0.15, 0.2) is 143 Å². The van der Waals surface area contributed by atoms with Crippen LogP contribution in [0.25, 0.3) is 0 Å². The number of hydrogen-bond donors (Lipinski definition) is 0. The van der Waals surface area contributed by atoms with E-state index in [-0.39, 0.29) is 5.78 Å². The minimum absolute atomic E-state index is 0.0442. The summed E-state index contributed by atoms with van der Waals surface area (Å²) >= 11 is 4.52. The van der Waals surface area contributed by atoms with Crippen LogP contribution in [0.3, 0.4) is 0 Å². The Morgan fingerprint density at radius 1 is 0.804 bits per heavy atom. The van der Waals surface area contributed by atoms with Crippen molar-refractivity contribution >= 4 is 52.3 Å². The van der Waals surface area contributed by atoms with E-state index in [0.717, 1.165) is 16.7 Å². The molecule has 4 aromatic rings. The van der Waals surface area contributed by atoms with Crippen LogP contribution in [0.5, 0.6) is 0 Å². The van der Waals surface area contributed by atoms with Crippen molar-refractivity contribution in [1.29, 1.82) is 0 Å². The molecule has 0 aliphatic heterocycles. The number of halogens is 1. The van der Waals surface area contributed by atoms with Gasteiger partial charge in [-0.1, -0.05) is 0 Å². The van der Waals surface area contributed by atoms with Crippen molar-refractivity contribution in [2.45, 2.75) is 64.0 Å². The molecule has 0 amide bonds. The van der Waals surface area contributed by atoms with Crippen LogP contribution < -0.4 is 15.9 Å². The Bertz CT molecular complexity index is 1780. The number of carbonyl (C=O) groups excluding carboxylic acids is 1. The second-order valence-electron chi connectivity index (χ2n) is 13.3. The monoisotopic (exact) mass is 714 g/mol. The van der Waals surface area contributed by atoms with Gasteiger partial charge in [-0.25, -0.2) is 0 Å². The third kappa shape index (κ3) is 6.27. The van der Waals surface area contributed by atoms with Gasteiger partial charge in [0, 0.05) is 0 Å². The number of sulfone groups is 1. The van der Waals surface area contributed by atoms with Gasteiger partial charge in [0.05, 0.1) is 0 Å². The van der Waals surface area contributed by atoms with E-state index >= 15 is 0 Å². The summed E-state index contributed by atoms with van der Waals surface area (Å²) in [5.41, 5.74) is 2.91. The zero-order chi connectivity index (χ0) is 33.2. The van der Waals surface area contributed by atoms with E-state index in [0.29, 0.717) is 35.9 Å². The molecule has 0 bridgehead atoms. The Hall–Kier alpha value is -3.11. The fourth-order valence-electron chi connectivity index (χ4n) is 7.03. The van der Waals surface area contributed by atoms with Crippen LogP contribution in [-0.4, -0.2) is 25.6 Å². The molecule has 1 aliphatic carbocycles. The molecule has 3 nitrogen and oxygen atoms in total. The molecule has 0 radical (unpaired) electrons. The topological polar surface area (TPSA) is 51.2 Å². The number of carbonyl (C=O) groups is 1. The average Bonchev–Trinajstić information content (AvgIpc) is 3.06. The minimum atomic E-state index is -3.82. The van der Waals surface area contributed by atoms with Crippen molar-refractivity contribution in [1.82, 2.24) is 0 Å². The van der Waals surface area contributed by atoms with Crippen molar-refractivity contribution in [3.8, 4) is 0 Å². The molecule has 5 rings (SSSR count). The Balaban J connectivity index is 1.68. The Morgan fingerprint density at radius 2 is 1.26 bits per heavy atom. The molecule has 0 saturated carbocycles. The molecule has 46 heavy (non-hydrogen) atoms. The van der Waals surface area contributed by atoms with E-state index in [1.54, 1.807) is 12.1 Å². The standard InChI is InChI=1S/C40H44BrO3PS/c1-30-21-23-36(24-22-30)46(43,44)38(39-32(3)37(42)25-27-40(39,4)5)29-31(2)26-28-45(41,33-15-9-6-10-16-33,34-17-11-7-12-18-34)35-19-13-8-14-20-35/h6-24,26,38H,25,27-29H2,1-5H3/b31-26+. The van der Waals surface area contributed by atoms with Crippen LogP contribution in [0.2, 0.25) is 0 Å². The van der Waals surface area contributed by atoms with E-state index < -0.39 is 25.8 Å². The van der Waals surface area contributed by atoms with Crippen LogP contribution in [-0.2, 0) is 14.6 Å². The molecule has 0 heterocycles. The fourth-order valence-corrected chi connectivity index (χ4v) is 16.3. The summed E-state index contributed by atoms with van der Waals surface area (Å²) < 4.78 is 29.1. The third-order valence-electron chi connectivity index (χ3n) is 9.75. The molecule has 1 atom stereocenters. The van der Waals surface area contributed by atoms with Crippen molar-refractivity contribution < 1.29 is 13.2 Å². The van der Waals surface area contributed by atoms with E-state index in [1.807, 2.05) is 51.1 Å². The number of allylic oxidation sites excluding steroid dienone is 3. The summed E-state index contributed by atoms with van der Waals surface area (Å²) in [5, 5.41) is -0.485. The maximum atomic E-state index is 14.6. The van der Waals surface area contributed by atoms with Gasteiger partial charge in [-0.3, -0.25) is 0 Å². The van der Waals surface area contributed by atoms with Crippen molar-refractivity contribution in [3.63, 3.8) is 0 Å². The first-order valence-corrected chi connectivity index (χ1v) is 21.9. The van der Waals surface area contributed by atoms with E-state index in [1.165, 1.54) is 15.9 Å². The second-order valence-corrected chi connectivity index (χ2v) is 24.4. The summed E-state index contributed by atoms with van der Waals surface area (Å²) in [4.78, 5) is 13.4. The number of ketones is 1. The third-order valence-corrected chi connectivity index (χ3v) is 21.4. The van der Waals surface area contributed by atoms with Crippen LogP contribution in [0, 0.1) is 12.3 Å². The molecule has 1 aliphatic rings. The van der Waals surface area contributed by atoms with Gasteiger partial charge in [0.2, 0.25) is 0 Å². The van der Waals surface area contributed by atoms with Gasteiger partial charge < -0.3 is 0 Å². The molecular formula is C40H44BrO3PS. The second kappa shape index (κ2) is 13.2. The predicted octanol–water partition coefficient (Wildman–Crippen LogP) is 9.02. The molecule has 0 fully saturated rings. The van der Waals surface area contributed by atoms with Gasteiger partial charge in [0.25, 0.3) is 0 Å². The molecule has 1 unspecified atom stereocenters. The zero-order valence-corrected chi connectivity index (χ0v) is 30.7.